The van der Waals surface area contributed by atoms with Crippen LogP contribution >= 0.6 is 0 Å². The highest BCUT2D eigenvalue weighted by molar-refractivity contribution is 5.79. The van der Waals surface area contributed by atoms with Gasteiger partial charge in [0.2, 0.25) is 0 Å². The summed E-state index contributed by atoms with van der Waals surface area (Å²) < 4.78 is 4.83. The molecule has 1 aromatic carbocycles. The van der Waals surface area contributed by atoms with Crippen molar-refractivity contribution in [3.8, 4) is 0 Å². The van der Waals surface area contributed by atoms with Gasteiger partial charge in [-0.25, -0.2) is 0 Å². The number of carbonyl (C=O) groups is 1. The Labute approximate surface area is 89.2 Å². The molecule has 0 spiro atoms. The summed E-state index contributed by atoms with van der Waals surface area (Å²) in [6.07, 6.45) is 2.23. The fraction of sp³-hybridized carbons (Fsp3) is 0.417. The Kier molecular flexibility index (Phi) is 2.62. The molecule has 0 amide bonds. The van der Waals surface area contributed by atoms with Gasteiger partial charge in [-0.2, -0.15) is 0 Å². The molecule has 1 aliphatic carbocycles. The van der Waals surface area contributed by atoms with Crippen LogP contribution in [0, 0.1) is 5.92 Å². The zero-order valence-electron chi connectivity index (χ0n) is 8.77. The lowest BCUT2D eigenvalue weighted by atomic mass is 9.94. The van der Waals surface area contributed by atoms with E-state index in [1.54, 1.807) is 0 Å². The summed E-state index contributed by atoms with van der Waals surface area (Å²) in [5.74, 6) is 0.221. The predicted octanol–water partition coefficient (Wildman–Crippen LogP) is 1.94. The van der Waals surface area contributed by atoms with Crippen LogP contribution in [0.1, 0.15) is 24.3 Å². The van der Waals surface area contributed by atoms with E-state index in [0.29, 0.717) is 5.92 Å². The van der Waals surface area contributed by atoms with Crippen molar-refractivity contribution in [3.05, 3.63) is 29.8 Å². The van der Waals surface area contributed by atoms with E-state index in [9.17, 15) is 4.79 Å². The van der Waals surface area contributed by atoms with E-state index in [1.165, 1.54) is 7.11 Å². The molecule has 1 fully saturated rings. The summed E-state index contributed by atoms with van der Waals surface area (Å²) in [6, 6.07) is 7.48. The van der Waals surface area contributed by atoms with E-state index >= 15 is 0 Å². The average molecular weight is 205 g/mol. The monoisotopic (exact) mass is 205 g/mol. The Hall–Kier alpha value is -1.51. The highest BCUT2D eigenvalue weighted by Gasteiger charge is 2.37. The SMILES string of the molecule is COC(=O)C(c1ccc(N)cc1)C1CC1. The smallest absolute Gasteiger partial charge is 0.313 e. The molecule has 0 bridgehead atoms. The normalized spacial score (nSPS) is 17.1. The maximum Gasteiger partial charge on any atom is 0.313 e. The predicted molar refractivity (Wildman–Crippen MR) is 58.3 cm³/mol. The Morgan fingerprint density at radius 2 is 2.00 bits per heavy atom. The maximum atomic E-state index is 11.6. The van der Waals surface area contributed by atoms with Gasteiger partial charge in [0.05, 0.1) is 13.0 Å². The van der Waals surface area contributed by atoms with Gasteiger partial charge in [-0.05, 0) is 36.5 Å². The number of esters is 1. The fourth-order valence-corrected chi connectivity index (χ4v) is 1.86. The quantitative estimate of drug-likeness (QED) is 0.606. The van der Waals surface area contributed by atoms with Crippen molar-refractivity contribution in [3.63, 3.8) is 0 Å². The molecule has 1 saturated carbocycles. The van der Waals surface area contributed by atoms with Crippen LogP contribution in [0.15, 0.2) is 24.3 Å². The Morgan fingerprint density at radius 3 is 2.47 bits per heavy atom. The van der Waals surface area contributed by atoms with E-state index in [-0.39, 0.29) is 11.9 Å². The molecule has 0 heterocycles. The molecule has 1 unspecified atom stereocenters. The van der Waals surface area contributed by atoms with Crippen LogP contribution in [0.2, 0.25) is 0 Å². The molecule has 15 heavy (non-hydrogen) atoms. The van der Waals surface area contributed by atoms with Gasteiger partial charge in [-0.15, -0.1) is 0 Å². The first kappa shape index (κ1) is 10.0. The van der Waals surface area contributed by atoms with E-state index in [1.807, 2.05) is 24.3 Å². The fourth-order valence-electron chi connectivity index (χ4n) is 1.86. The summed E-state index contributed by atoms with van der Waals surface area (Å²) in [5, 5.41) is 0. The van der Waals surface area contributed by atoms with Crippen molar-refractivity contribution in [2.75, 3.05) is 12.8 Å². The molecule has 3 nitrogen and oxygen atoms in total. The third-order valence-corrected chi connectivity index (χ3v) is 2.84. The largest absolute Gasteiger partial charge is 0.469 e. The number of nitrogens with two attached hydrogens (primary N) is 1. The van der Waals surface area contributed by atoms with Crippen LogP contribution in [0.25, 0.3) is 0 Å². The lowest BCUT2D eigenvalue weighted by Gasteiger charge is -2.14. The molecule has 2 rings (SSSR count). The molecule has 0 aromatic heterocycles. The topological polar surface area (TPSA) is 52.3 Å². The van der Waals surface area contributed by atoms with Crippen molar-refractivity contribution < 1.29 is 9.53 Å². The molecule has 1 aromatic rings. The van der Waals surface area contributed by atoms with Crippen molar-refractivity contribution in [1.82, 2.24) is 0 Å². The van der Waals surface area contributed by atoms with Gasteiger partial charge < -0.3 is 10.5 Å². The van der Waals surface area contributed by atoms with Gasteiger partial charge in [0.1, 0.15) is 0 Å². The number of methoxy groups -OCH3 is 1. The second kappa shape index (κ2) is 3.93. The molecule has 0 radical (unpaired) electrons. The van der Waals surface area contributed by atoms with Crippen molar-refractivity contribution in [1.29, 1.82) is 0 Å². The van der Waals surface area contributed by atoms with Crippen LogP contribution in [0.4, 0.5) is 5.69 Å². The Balaban J connectivity index is 2.24. The average Bonchev–Trinajstić information content (AvgIpc) is 3.05. The molecular formula is C12H15NO2. The molecule has 2 N–H and O–H groups in total. The number of carbonyl (C=O) groups excluding carboxylic acids is 1. The van der Waals surface area contributed by atoms with Gasteiger partial charge in [0.25, 0.3) is 0 Å². The number of benzene rings is 1. The summed E-state index contributed by atoms with van der Waals surface area (Å²) in [4.78, 5) is 11.6. The highest BCUT2D eigenvalue weighted by Crippen LogP contribution is 2.43. The minimum absolute atomic E-state index is 0.101. The van der Waals surface area contributed by atoms with Crippen LogP contribution in [0.5, 0.6) is 0 Å². The zero-order valence-corrected chi connectivity index (χ0v) is 8.77. The Bertz CT molecular complexity index is 354. The summed E-state index contributed by atoms with van der Waals surface area (Å²) in [5.41, 5.74) is 7.34. The first-order valence-electron chi connectivity index (χ1n) is 5.15. The summed E-state index contributed by atoms with van der Waals surface area (Å²) in [7, 11) is 1.44. The first-order valence-corrected chi connectivity index (χ1v) is 5.15. The Morgan fingerprint density at radius 1 is 1.40 bits per heavy atom. The highest BCUT2D eigenvalue weighted by atomic mass is 16.5. The standard InChI is InChI=1S/C12H15NO2/c1-15-12(14)11(8-2-3-8)9-4-6-10(13)7-5-9/h4-8,11H,2-3,13H2,1H3. The summed E-state index contributed by atoms with van der Waals surface area (Å²) in [6.45, 7) is 0. The van der Waals surface area contributed by atoms with Gasteiger partial charge in [0.15, 0.2) is 0 Å². The molecule has 80 valence electrons. The minimum Gasteiger partial charge on any atom is -0.469 e. The summed E-state index contributed by atoms with van der Waals surface area (Å²) >= 11 is 0. The van der Waals surface area contributed by atoms with Crippen LogP contribution < -0.4 is 5.73 Å². The van der Waals surface area contributed by atoms with E-state index in [2.05, 4.69) is 0 Å². The van der Waals surface area contributed by atoms with Crippen molar-refractivity contribution in [2.24, 2.45) is 5.92 Å². The number of ether oxygens (including phenoxy) is 1. The lowest BCUT2D eigenvalue weighted by Crippen LogP contribution is -2.16. The minimum atomic E-state index is -0.137. The van der Waals surface area contributed by atoms with Gasteiger partial charge in [0, 0.05) is 5.69 Å². The van der Waals surface area contributed by atoms with Gasteiger partial charge in [-0.1, -0.05) is 12.1 Å². The van der Waals surface area contributed by atoms with Crippen molar-refractivity contribution >= 4 is 11.7 Å². The van der Waals surface area contributed by atoms with Crippen LogP contribution in [-0.4, -0.2) is 13.1 Å². The van der Waals surface area contributed by atoms with Crippen LogP contribution in [-0.2, 0) is 9.53 Å². The van der Waals surface area contributed by atoms with Gasteiger partial charge in [-0.3, -0.25) is 4.79 Å². The lowest BCUT2D eigenvalue weighted by molar-refractivity contribution is -0.143. The number of rotatable bonds is 3. The molecule has 0 aliphatic heterocycles. The first-order chi connectivity index (χ1) is 7.22. The number of nitrogen functional groups attached to an aromatic ring is 1. The maximum absolute atomic E-state index is 11.6. The van der Waals surface area contributed by atoms with Crippen molar-refractivity contribution in [2.45, 2.75) is 18.8 Å². The molecular weight excluding hydrogens is 190 g/mol. The third kappa shape index (κ3) is 2.12. The zero-order chi connectivity index (χ0) is 10.8. The van der Waals surface area contributed by atoms with Crippen LogP contribution in [0.3, 0.4) is 0 Å². The van der Waals surface area contributed by atoms with E-state index < -0.39 is 0 Å². The number of hydrogen-bond donors (Lipinski definition) is 1. The van der Waals surface area contributed by atoms with E-state index in [0.717, 1.165) is 24.1 Å². The number of hydrogen-bond acceptors (Lipinski definition) is 3. The molecule has 1 aliphatic rings. The second-order valence-corrected chi connectivity index (χ2v) is 4.00. The van der Waals surface area contributed by atoms with E-state index in [4.69, 9.17) is 10.5 Å². The van der Waals surface area contributed by atoms with Gasteiger partial charge >= 0.3 is 5.97 Å². The molecule has 0 saturated heterocycles. The number of anilines is 1. The molecule has 1 atom stereocenters. The second-order valence-electron chi connectivity index (χ2n) is 4.00. The third-order valence-electron chi connectivity index (χ3n) is 2.84. The molecule has 3 heteroatoms.